The fourth-order valence-electron chi connectivity index (χ4n) is 3.62. The van der Waals surface area contributed by atoms with Gasteiger partial charge in [-0.25, -0.2) is 9.59 Å². The molecule has 1 saturated heterocycles. The minimum atomic E-state index is -0.566. The molecule has 5 nitrogen and oxygen atoms in total. The summed E-state index contributed by atoms with van der Waals surface area (Å²) in [5, 5.41) is 1.06. The van der Waals surface area contributed by atoms with Gasteiger partial charge < -0.3 is 14.2 Å². The number of aryl methyl sites for hydroxylation is 1. The highest BCUT2D eigenvalue weighted by Gasteiger charge is 2.36. The highest BCUT2D eigenvalue weighted by atomic mass is 16.6. The second-order valence-electron chi connectivity index (χ2n) is 7.17. The molecule has 1 aromatic carbocycles. The van der Waals surface area contributed by atoms with Gasteiger partial charge in [-0.3, -0.25) is 0 Å². The molecule has 0 atom stereocenters. The molecule has 0 radical (unpaired) electrons. The first-order valence-electron chi connectivity index (χ1n) is 8.57. The highest BCUT2D eigenvalue weighted by molar-refractivity contribution is 6.22. The van der Waals surface area contributed by atoms with Gasteiger partial charge in [-0.1, -0.05) is 5.57 Å². The number of esters is 2. The van der Waals surface area contributed by atoms with Crippen LogP contribution in [0, 0.1) is 6.92 Å². The maximum atomic E-state index is 12.4. The van der Waals surface area contributed by atoms with Gasteiger partial charge in [0.15, 0.2) is 0 Å². The molecular weight excluding hydrogens is 328 g/mol. The predicted octanol–water partition coefficient (Wildman–Crippen LogP) is 3.75. The summed E-state index contributed by atoms with van der Waals surface area (Å²) < 4.78 is 7.01. The molecule has 0 amide bonds. The van der Waals surface area contributed by atoms with Crippen LogP contribution in [-0.4, -0.2) is 30.6 Å². The molecule has 1 fully saturated rings. The van der Waals surface area contributed by atoms with Gasteiger partial charge in [-0.2, -0.15) is 0 Å². The molecule has 5 heteroatoms. The Morgan fingerprint density at radius 2 is 1.65 bits per heavy atom. The molecule has 0 spiro atoms. The first kappa shape index (κ1) is 18.0. The fraction of sp³-hybridized carbons (Fsp3) is 0.333. The van der Waals surface area contributed by atoms with Crippen LogP contribution in [0.1, 0.15) is 32.0 Å². The van der Waals surface area contributed by atoms with Crippen LogP contribution in [0.15, 0.2) is 34.9 Å². The molecule has 0 N–H and O–H groups in total. The number of fused-ring (bicyclic) bond motifs is 1. The molecule has 0 unspecified atom stereocenters. The molecule has 1 aliphatic rings. The van der Waals surface area contributed by atoms with Crippen molar-refractivity contribution >= 4 is 34.1 Å². The van der Waals surface area contributed by atoms with Crippen molar-refractivity contribution in [2.75, 3.05) is 19.0 Å². The maximum Gasteiger partial charge on any atom is 0.347 e. The van der Waals surface area contributed by atoms with Crippen LogP contribution in [0.4, 0.5) is 5.69 Å². The quantitative estimate of drug-likeness (QED) is 0.469. The van der Waals surface area contributed by atoms with Gasteiger partial charge in [0.2, 0.25) is 0 Å². The minimum absolute atomic E-state index is 0.376. The van der Waals surface area contributed by atoms with Crippen molar-refractivity contribution in [2.45, 2.75) is 27.7 Å². The molecule has 1 aromatic heterocycles. The number of ether oxygens (including phenoxy) is 1. The minimum Gasteiger partial charge on any atom is -0.386 e. The number of rotatable bonds is 2. The zero-order valence-corrected chi connectivity index (χ0v) is 16.4. The summed E-state index contributed by atoms with van der Waals surface area (Å²) in [5.41, 5.74) is 6.49. The summed E-state index contributed by atoms with van der Waals surface area (Å²) in [6.07, 6.45) is 0. The average molecular weight is 352 g/mol. The Bertz CT molecular complexity index is 1020. The summed E-state index contributed by atoms with van der Waals surface area (Å²) in [6.45, 7) is 7.56. The summed E-state index contributed by atoms with van der Waals surface area (Å²) in [4.78, 5) is 26.6. The summed E-state index contributed by atoms with van der Waals surface area (Å²) >= 11 is 0. The Hall–Kier alpha value is -2.82. The SMILES string of the molecule is CC(C)=C1C(=O)OC(=O)/C1=C(/C)c1c(C)n(C)c2ccc(N(C)C)cc12. The number of carbonyl (C=O) groups is 2. The van der Waals surface area contributed by atoms with Crippen molar-refractivity contribution < 1.29 is 14.3 Å². The Labute approximate surface area is 153 Å². The predicted molar refractivity (Wildman–Crippen MR) is 104 cm³/mol. The number of benzene rings is 1. The van der Waals surface area contributed by atoms with E-state index in [0.717, 1.165) is 39.0 Å². The van der Waals surface area contributed by atoms with Gasteiger partial charge in [0.25, 0.3) is 0 Å². The second-order valence-corrected chi connectivity index (χ2v) is 7.17. The monoisotopic (exact) mass is 352 g/mol. The first-order chi connectivity index (χ1) is 12.1. The Balaban J connectivity index is 2.39. The van der Waals surface area contributed by atoms with E-state index in [9.17, 15) is 9.59 Å². The normalized spacial score (nSPS) is 16.3. The van der Waals surface area contributed by atoms with Crippen LogP contribution < -0.4 is 4.90 Å². The Morgan fingerprint density at radius 1 is 1.04 bits per heavy atom. The van der Waals surface area contributed by atoms with Crippen molar-refractivity contribution in [1.82, 2.24) is 4.57 Å². The number of anilines is 1. The van der Waals surface area contributed by atoms with Crippen molar-refractivity contribution in [3.05, 3.63) is 46.2 Å². The summed E-state index contributed by atoms with van der Waals surface area (Å²) in [6, 6.07) is 6.27. The van der Waals surface area contributed by atoms with Crippen LogP contribution in [0.25, 0.3) is 16.5 Å². The number of cyclic esters (lactones) is 2. The van der Waals surface area contributed by atoms with Crippen molar-refractivity contribution in [1.29, 1.82) is 0 Å². The lowest BCUT2D eigenvalue weighted by atomic mass is 9.93. The summed E-state index contributed by atoms with van der Waals surface area (Å²) in [5.74, 6) is -1.12. The van der Waals surface area contributed by atoms with Gasteiger partial charge in [-0.05, 0) is 51.5 Å². The fourth-order valence-corrected chi connectivity index (χ4v) is 3.62. The lowest BCUT2D eigenvalue weighted by Crippen LogP contribution is -2.08. The summed E-state index contributed by atoms with van der Waals surface area (Å²) in [7, 11) is 6.00. The smallest absolute Gasteiger partial charge is 0.347 e. The molecular formula is C21H24N2O3. The topological polar surface area (TPSA) is 51.5 Å². The molecule has 2 heterocycles. The second kappa shape index (κ2) is 6.16. The van der Waals surface area contributed by atoms with E-state index in [1.165, 1.54) is 0 Å². The third-order valence-corrected chi connectivity index (χ3v) is 5.09. The van der Waals surface area contributed by atoms with Crippen molar-refractivity contribution in [3.63, 3.8) is 0 Å². The van der Waals surface area contributed by atoms with E-state index in [1.54, 1.807) is 0 Å². The standard InChI is InChI=1S/C21H24N2O3/c1-11(2)17-19(21(25)26-20(17)24)12(3)18-13(4)23(7)16-9-8-14(22(5)6)10-15(16)18/h8-10H,1-7H3/b19-12-. The third kappa shape index (κ3) is 2.55. The van der Waals surface area contributed by atoms with E-state index < -0.39 is 11.9 Å². The van der Waals surface area contributed by atoms with E-state index in [4.69, 9.17) is 4.74 Å². The number of aromatic nitrogens is 1. The van der Waals surface area contributed by atoms with Crippen LogP contribution in [0.5, 0.6) is 0 Å². The van der Waals surface area contributed by atoms with E-state index in [2.05, 4.69) is 22.8 Å². The molecule has 136 valence electrons. The van der Waals surface area contributed by atoms with E-state index in [-0.39, 0.29) is 0 Å². The zero-order chi connectivity index (χ0) is 19.3. The van der Waals surface area contributed by atoms with E-state index in [0.29, 0.717) is 11.1 Å². The maximum absolute atomic E-state index is 12.4. The number of allylic oxidation sites excluding steroid dienone is 2. The van der Waals surface area contributed by atoms with Gasteiger partial charge in [0, 0.05) is 49.0 Å². The van der Waals surface area contributed by atoms with Crippen LogP contribution >= 0.6 is 0 Å². The van der Waals surface area contributed by atoms with Gasteiger partial charge >= 0.3 is 11.9 Å². The lowest BCUT2D eigenvalue weighted by Gasteiger charge is -2.13. The molecule has 1 aliphatic heterocycles. The van der Waals surface area contributed by atoms with Crippen LogP contribution in [0.3, 0.4) is 0 Å². The number of carbonyl (C=O) groups excluding carboxylic acids is 2. The molecule has 0 saturated carbocycles. The van der Waals surface area contributed by atoms with E-state index in [1.807, 2.05) is 53.7 Å². The molecule has 3 rings (SSSR count). The highest BCUT2D eigenvalue weighted by Crippen LogP contribution is 2.38. The van der Waals surface area contributed by atoms with Crippen LogP contribution in [-0.2, 0) is 21.4 Å². The number of nitrogens with zero attached hydrogens (tertiary/aromatic N) is 2. The van der Waals surface area contributed by atoms with Gasteiger partial charge in [0.05, 0.1) is 11.1 Å². The van der Waals surface area contributed by atoms with Crippen molar-refractivity contribution in [2.24, 2.45) is 7.05 Å². The third-order valence-electron chi connectivity index (χ3n) is 5.09. The molecule has 2 aromatic rings. The van der Waals surface area contributed by atoms with Gasteiger partial charge in [-0.15, -0.1) is 0 Å². The largest absolute Gasteiger partial charge is 0.386 e. The lowest BCUT2D eigenvalue weighted by molar-refractivity contribution is -0.149. The Kier molecular flexibility index (Phi) is 4.26. The molecule has 0 aliphatic carbocycles. The van der Waals surface area contributed by atoms with Gasteiger partial charge in [0.1, 0.15) is 0 Å². The zero-order valence-electron chi connectivity index (χ0n) is 16.4. The Morgan fingerprint density at radius 3 is 2.23 bits per heavy atom. The number of hydrogen-bond acceptors (Lipinski definition) is 4. The molecule has 0 bridgehead atoms. The molecule has 26 heavy (non-hydrogen) atoms. The van der Waals surface area contributed by atoms with Crippen molar-refractivity contribution in [3.8, 4) is 0 Å². The average Bonchev–Trinajstić information content (AvgIpc) is 3.00. The number of hydrogen-bond donors (Lipinski definition) is 0. The van der Waals surface area contributed by atoms with Crippen LogP contribution in [0.2, 0.25) is 0 Å². The first-order valence-corrected chi connectivity index (χ1v) is 8.57. The van der Waals surface area contributed by atoms with E-state index >= 15 is 0 Å².